The number of nitrogens with one attached hydrogen (secondary N) is 1. The zero-order valence-electron chi connectivity index (χ0n) is 9.71. The van der Waals surface area contributed by atoms with Crippen molar-refractivity contribution in [3.8, 4) is 5.75 Å². The summed E-state index contributed by atoms with van der Waals surface area (Å²) in [6, 6.07) is 5.50. The average molecular weight is 245 g/mol. The Morgan fingerprint density at radius 1 is 1.50 bits per heavy atom. The van der Waals surface area contributed by atoms with Crippen LogP contribution in [0.1, 0.15) is 17.4 Å². The molecule has 0 radical (unpaired) electrons. The molecule has 1 aromatic carbocycles. The van der Waals surface area contributed by atoms with Crippen LogP contribution in [0.5, 0.6) is 5.75 Å². The molecule has 6 heteroatoms. The van der Waals surface area contributed by atoms with Gasteiger partial charge < -0.3 is 14.5 Å². The summed E-state index contributed by atoms with van der Waals surface area (Å²) in [7, 11) is 1.60. The van der Waals surface area contributed by atoms with Crippen molar-refractivity contribution in [1.82, 2.24) is 10.2 Å². The number of carbonyl (C=O) groups is 1. The smallest absolute Gasteiger partial charge is 0.232 e. The number of rotatable bonds is 3. The molecule has 0 spiro atoms. The first-order valence-corrected chi connectivity index (χ1v) is 5.52. The molecule has 92 valence electrons. The summed E-state index contributed by atoms with van der Waals surface area (Å²) in [5, 5.41) is 10.2. The summed E-state index contributed by atoms with van der Waals surface area (Å²) in [6.45, 7) is 0. The molecule has 1 aliphatic heterocycles. The predicted octanol–water partition coefficient (Wildman–Crippen LogP) is 1.36. The second-order valence-electron chi connectivity index (χ2n) is 4.03. The fraction of sp³-hybridized carbons (Fsp3) is 0.250. The van der Waals surface area contributed by atoms with Gasteiger partial charge in [0.1, 0.15) is 5.75 Å². The summed E-state index contributed by atoms with van der Waals surface area (Å²) >= 11 is 0. The Kier molecular flexibility index (Phi) is 2.47. The molecule has 2 aromatic rings. The fourth-order valence-corrected chi connectivity index (χ4v) is 2.09. The fourth-order valence-electron chi connectivity index (χ4n) is 2.09. The van der Waals surface area contributed by atoms with Crippen LogP contribution >= 0.6 is 0 Å². The highest BCUT2D eigenvalue weighted by Gasteiger charge is 2.32. The summed E-state index contributed by atoms with van der Waals surface area (Å²) in [4.78, 5) is 11.9. The van der Waals surface area contributed by atoms with Gasteiger partial charge >= 0.3 is 0 Å². The Morgan fingerprint density at radius 2 is 2.39 bits per heavy atom. The molecule has 1 N–H and O–H groups in total. The molecule has 1 atom stereocenters. The van der Waals surface area contributed by atoms with E-state index in [-0.39, 0.29) is 11.8 Å². The van der Waals surface area contributed by atoms with Crippen molar-refractivity contribution < 1.29 is 13.9 Å². The van der Waals surface area contributed by atoms with Crippen molar-refractivity contribution in [2.24, 2.45) is 0 Å². The Balaban J connectivity index is 1.94. The van der Waals surface area contributed by atoms with Gasteiger partial charge in [-0.15, -0.1) is 10.2 Å². The van der Waals surface area contributed by atoms with Crippen molar-refractivity contribution in [2.75, 3.05) is 12.4 Å². The quantitative estimate of drug-likeness (QED) is 0.883. The molecule has 6 nitrogen and oxygen atoms in total. The molecule has 1 aliphatic rings. The Bertz CT molecular complexity index is 580. The van der Waals surface area contributed by atoms with Crippen LogP contribution in [0.4, 0.5) is 5.69 Å². The van der Waals surface area contributed by atoms with E-state index in [1.807, 2.05) is 18.2 Å². The van der Waals surface area contributed by atoms with E-state index in [9.17, 15) is 4.79 Å². The highest BCUT2D eigenvalue weighted by Crippen LogP contribution is 2.36. The maximum Gasteiger partial charge on any atom is 0.232 e. The second kappa shape index (κ2) is 4.14. The number of fused-ring (bicyclic) bond motifs is 1. The number of aromatic nitrogens is 2. The highest BCUT2D eigenvalue weighted by molar-refractivity contribution is 6.03. The Morgan fingerprint density at radius 3 is 3.11 bits per heavy atom. The first-order chi connectivity index (χ1) is 8.78. The van der Waals surface area contributed by atoms with Gasteiger partial charge in [0, 0.05) is 12.1 Å². The van der Waals surface area contributed by atoms with Crippen LogP contribution in [0, 0.1) is 0 Å². The van der Waals surface area contributed by atoms with E-state index in [0.717, 1.165) is 17.0 Å². The molecule has 0 fully saturated rings. The lowest BCUT2D eigenvalue weighted by molar-refractivity contribution is -0.117. The first kappa shape index (κ1) is 10.8. The van der Waals surface area contributed by atoms with Crippen LogP contribution in [0.25, 0.3) is 0 Å². The van der Waals surface area contributed by atoms with Crippen LogP contribution in [-0.4, -0.2) is 23.2 Å². The summed E-state index contributed by atoms with van der Waals surface area (Å²) in [6.07, 6.45) is 1.65. The van der Waals surface area contributed by atoms with Gasteiger partial charge in [-0.1, -0.05) is 0 Å². The largest absolute Gasteiger partial charge is 0.497 e. The number of carbonyl (C=O) groups excluding carboxylic acids is 1. The van der Waals surface area contributed by atoms with Crippen molar-refractivity contribution in [2.45, 2.75) is 12.3 Å². The minimum Gasteiger partial charge on any atom is -0.497 e. The van der Waals surface area contributed by atoms with Crippen molar-refractivity contribution in [3.63, 3.8) is 0 Å². The molecule has 1 amide bonds. The lowest BCUT2D eigenvalue weighted by atomic mass is 9.97. The molecular formula is C12H11N3O3. The molecule has 3 rings (SSSR count). The van der Waals surface area contributed by atoms with Crippen LogP contribution < -0.4 is 10.1 Å². The van der Waals surface area contributed by atoms with E-state index >= 15 is 0 Å². The van der Waals surface area contributed by atoms with Crippen molar-refractivity contribution >= 4 is 11.6 Å². The van der Waals surface area contributed by atoms with Gasteiger partial charge in [-0.05, 0) is 23.8 Å². The number of amides is 1. The van der Waals surface area contributed by atoms with E-state index in [1.165, 1.54) is 6.39 Å². The molecule has 18 heavy (non-hydrogen) atoms. The second-order valence-corrected chi connectivity index (χ2v) is 4.03. The maximum atomic E-state index is 11.9. The minimum atomic E-state index is -0.310. The Labute approximate surface area is 103 Å². The minimum absolute atomic E-state index is 0.0588. The molecule has 1 aromatic heterocycles. The standard InChI is InChI=1S/C12H11N3O3/c1-17-7-2-3-10-8(4-7)9(12(16)14-10)5-11-15-13-6-18-11/h2-4,6,9H,5H2,1H3,(H,14,16). The van der Waals surface area contributed by atoms with Crippen LogP contribution in [0.3, 0.4) is 0 Å². The predicted molar refractivity (Wildman–Crippen MR) is 62.4 cm³/mol. The maximum absolute atomic E-state index is 11.9. The van der Waals surface area contributed by atoms with Gasteiger partial charge in [0.2, 0.25) is 18.2 Å². The highest BCUT2D eigenvalue weighted by atomic mass is 16.5. The third-order valence-corrected chi connectivity index (χ3v) is 2.99. The number of benzene rings is 1. The number of hydrogen-bond donors (Lipinski definition) is 1. The van der Waals surface area contributed by atoms with Crippen molar-refractivity contribution in [1.29, 1.82) is 0 Å². The van der Waals surface area contributed by atoms with Crippen LogP contribution in [-0.2, 0) is 11.2 Å². The van der Waals surface area contributed by atoms with Crippen LogP contribution in [0.15, 0.2) is 29.0 Å². The van der Waals surface area contributed by atoms with Gasteiger partial charge in [-0.25, -0.2) is 0 Å². The molecule has 2 heterocycles. The third-order valence-electron chi connectivity index (χ3n) is 2.99. The van der Waals surface area contributed by atoms with E-state index in [2.05, 4.69) is 15.5 Å². The van der Waals surface area contributed by atoms with E-state index < -0.39 is 0 Å². The van der Waals surface area contributed by atoms with Crippen LogP contribution in [0.2, 0.25) is 0 Å². The molecule has 1 unspecified atom stereocenters. The number of nitrogens with zero attached hydrogens (tertiary/aromatic N) is 2. The molecular weight excluding hydrogens is 234 g/mol. The van der Waals surface area contributed by atoms with E-state index in [0.29, 0.717) is 12.3 Å². The van der Waals surface area contributed by atoms with E-state index in [4.69, 9.17) is 9.15 Å². The van der Waals surface area contributed by atoms with E-state index in [1.54, 1.807) is 7.11 Å². The molecule has 0 saturated heterocycles. The lowest BCUT2D eigenvalue weighted by Gasteiger charge is -2.07. The zero-order chi connectivity index (χ0) is 12.5. The summed E-state index contributed by atoms with van der Waals surface area (Å²) < 4.78 is 10.2. The summed E-state index contributed by atoms with van der Waals surface area (Å²) in [5.41, 5.74) is 1.71. The zero-order valence-corrected chi connectivity index (χ0v) is 9.71. The molecule has 0 aliphatic carbocycles. The normalized spacial score (nSPS) is 17.4. The van der Waals surface area contributed by atoms with Crippen molar-refractivity contribution in [3.05, 3.63) is 36.0 Å². The SMILES string of the molecule is COc1ccc2c(c1)C(Cc1nnco1)C(=O)N2. The lowest BCUT2D eigenvalue weighted by Crippen LogP contribution is -2.14. The molecule has 0 bridgehead atoms. The monoisotopic (exact) mass is 245 g/mol. The third kappa shape index (κ3) is 1.71. The number of methoxy groups -OCH3 is 1. The summed E-state index contributed by atoms with van der Waals surface area (Å²) in [5.74, 6) is 0.804. The number of anilines is 1. The number of ether oxygens (including phenoxy) is 1. The van der Waals surface area contributed by atoms with Gasteiger partial charge in [-0.2, -0.15) is 0 Å². The van der Waals surface area contributed by atoms with Gasteiger partial charge in [0.15, 0.2) is 0 Å². The van der Waals surface area contributed by atoms with Gasteiger partial charge in [0.25, 0.3) is 0 Å². The topological polar surface area (TPSA) is 77.2 Å². The van der Waals surface area contributed by atoms with Gasteiger partial charge in [-0.3, -0.25) is 4.79 Å². The first-order valence-electron chi connectivity index (χ1n) is 5.52. The average Bonchev–Trinajstić information content (AvgIpc) is 2.99. The Hall–Kier alpha value is -2.37. The van der Waals surface area contributed by atoms with Gasteiger partial charge in [0.05, 0.1) is 13.0 Å². The molecule has 0 saturated carbocycles. The number of hydrogen-bond acceptors (Lipinski definition) is 5.